The number of nitrogens with zero attached hydrogens (tertiary/aromatic N) is 2. The second kappa shape index (κ2) is 6.17. The van der Waals surface area contributed by atoms with E-state index in [-0.39, 0.29) is 0 Å². The van der Waals surface area contributed by atoms with Gasteiger partial charge < -0.3 is 10.2 Å². The summed E-state index contributed by atoms with van der Waals surface area (Å²) >= 11 is 0. The molecule has 1 unspecified atom stereocenters. The first-order valence-corrected chi connectivity index (χ1v) is 7.82. The Morgan fingerprint density at radius 1 is 1.29 bits per heavy atom. The summed E-state index contributed by atoms with van der Waals surface area (Å²) in [6.45, 7) is 6.52. The Morgan fingerprint density at radius 3 is 3.00 bits per heavy atom. The monoisotopic (exact) mass is 281 g/mol. The minimum atomic E-state index is 0.659. The van der Waals surface area contributed by atoms with Gasteiger partial charge in [0, 0.05) is 18.8 Å². The number of benzene rings is 1. The molecule has 0 radical (unpaired) electrons. The lowest BCUT2D eigenvalue weighted by molar-refractivity contribution is 0.562. The summed E-state index contributed by atoms with van der Waals surface area (Å²) in [5, 5.41) is 3.42. The van der Waals surface area contributed by atoms with Gasteiger partial charge in [-0.3, -0.25) is 4.98 Å². The van der Waals surface area contributed by atoms with Crippen molar-refractivity contribution in [3.8, 4) is 0 Å². The predicted molar refractivity (Wildman–Crippen MR) is 89.3 cm³/mol. The first-order chi connectivity index (χ1) is 10.3. The summed E-state index contributed by atoms with van der Waals surface area (Å²) in [7, 11) is 0. The maximum atomic E-state index is 4.41. The summed E-state index contributed by atoms with van der Waals surface area (Å²) in [6.07, 6.45) is 6.14. The zero-order valence-electron chi connectivity index (χ0n) is 12.8. The molecule has 0 fully saturated rings. The van der Waals surface area contributed by atoms with Gasteiger partial charge in [-0.15, -0.1) is 0 Å². The average Bonchev–Trinajstić information content (AvgIpc) is 2.52. The van der Waals surface area contributed by atoms with E-state index in [0.717, 1.165) is 31.6 Å². The lowest BCUT2D eigenvalue weighted by Crippen LogP contribution is -2.30. The van der Waals surface area contributed by atoms with Crippen molar-refractivity contribution in [2.24, 2.45) is 5.92 Å². The van der Waals surface area contributed by atoms with E-state index in [4.69, 9.17) is 0 Å². The van der Waals surface area contributed by atoms with Crippen molar-refractivity contribution < 1.29 is 0 Å². The van der Waals surface area contributed by atoms with Crippen LogP contribution in [0.3, 0.4) is 0 Å². The van der Waals surface area contributed by atoms with E-state index >= 15 is 0 Å². The molecule has 0 aliphatic carbocycles. The smallest absolute Gasteiger partial charge is 0.0618 e. The Kier molecular flexibility index (Phi) is 4.09. The van der Waals surface area contributed by atoms with E-state index < -0.39 is 0 Å². The van der Waals surface area contributed by atoms with E-state index in [1.807, 2.05) is 12.4 Å². The number of rotatable bonds is 4. The van der Waals surface area contributed by atoms with Crippen LogP contribution in [0.2, 0.25) is 0 Å². The van der Waals surface area contributed by atoms with Gasteiger partial charge in [-0.25, -0.2) is 0 Å². The van der Waals surface area contributed by atoms with Gasteiger partial charge in [-0.1, -0.05) is 32.0 Å². The molecule has 2 heterocycles. The van der Waals surface area contributed by atoms with Crippen LogP contribution < -0.4 is 10.2 Å². The highest BCUT2D eigenvalue weighted by Gasteiger charge is 2.22. The minimum Gasteiger partial charge on any atom is -0.384 e. The third kappa shape index (κ3) is 3.02. The van der Waals surface area contributed by atoms with Gasteiger partial charge in [0.05, 0.1) is 23.8 Å². The van der Waals surface area contributed by atoms with Gasteiger partial charge in [0.25, 0.3) is 0 Å². The molecular weight excluding hydrogens is 258 g/mol. The molecule has 1 atom stereocenters. The van der Waals surface area contributed by atoms with Gasteiger partial charge in [0.2, 0.25) is 0 Å². The van der Waals surface area contributed by atoms with Crippen LogP contribution in [0.4, 0.5) is 17.1 Å². The third-order valence-corrected chi connectivity index (χ3v) is 3.96. The molecule has 1 aliphatic heterocycles. The normalized spacial score (nSPS) is 17.4. The van der Waals surface area contributed by atoms with Gasteiger partial charge in [0.15, 0.2) is 0 Å². The van der Waals surface area contributed by atoms with E-state index in [9.17, 15) is 0 Å². The number of hydrogen-bond donors (Lipinski definition) is 1. The lowest BCUT2D eigenvalue weighted by Gasteiger charge is -2.34. The molecule has 3 rings (SSSR count). The fraction of sp³-hybridized carbons (Fsp3) is 0.389. The number of nitrogens with one attached hydrogen (secondary N) is 1. The molecule has 3 heteroatoms. The van der Waals surface area contributed by atoms with Crippen LogP contribution in [0.25, 0.3) is 0 Å². The van der Waals surface area contributed by atoms with Crippen LogP contribution in [-0.4, -0.2) is 18.1 Å². The van der Waals surface area contributed by atoms with Gasteiger partial charge >= 0.3 is 0 Å². The summed E-state index contributed by atoms with van der Waals surface area (Å²) in [6, 6.07) is 10.9. The summed E-state index contributed by atoms with van der Waals surface area (Å²) in [5.74, 6) is 0.659. The van der Waals surface area contributed by atoms with Crippen molar-refractivity contribution in [1.29, 1.82) is 0 Å². The first-order valence-electron chi connectivity index (χ1n) is 7.82. The van der Waals surface area contributed by atoms with E-state index in [1.54, 1.807) is 0 Å². The molecule has 1 aliphatic rings. The number of aromatic nitrogens is 1. The maximum Gasteiger partial charge on any atom is 0.0618 e. The molecule has 0 saturated carbocycles. The molecule has 0 amide bonds. The summed E-state index contributed by atoms with van der Waals surface area (Å²) < 4.78 is 0. The lowest BCUT2D eigenvalue weighted by atomic mass is 9.93. The number of anilines is 3. The second-order valence-electron chi connectivity index (χ2n) is 5.91. The molecule has 0 saturated heterocycles. The topological polar surface area (TPSA) is 28.2 Å². The minimum absolute atomic E-state index is 0.659. The van der Waals surface area contributed by atoms with E-state index in [0.29, 0.717) is 5.92 Å². The highest BCUT2D eigenvalue weighted by molar-refractivity contribution is 5.69. The Bertz CT molecular complexity index is 609. The van der Waals surface area contributed by atoms with E-state index in [2.05, 4.69) is 59.4 Å². The molecule has 3 nitrogen and oxygen atoms in total. The average molecular weight is 281 g/mol. The zero-order chi connectivity index (χ0) is 14.7. The largest absolute Gasteiger partial charge is 0.384 e. The number of fused-ring (bicyclic) bond motifs is 1. The molecule has 1 aromatic heterocycles. The molecule has 1 N–H and O–H groups in total. The van der Waals surface area contributed by atoms with Crippen molar-refractivity contribution in [3.63, 3.8) is 0 Å². The van der Waals surface area contributed by atoms with Crippen LogP contribution in [0, 0.1) is 5.92 Å². The van der Waals surface area contributed by atoms with Gasteiger partial charge in [-0.2, -0.15) is 0 Å². The number of para-hydroxylation sites is 1. The Balaban J connectivity index is 1.93. The Hall–Kier alpha value is -2.03. The van der Waals surface area contributed by atoms with Crippen LogP contribution in [0.15, 0.2) is 42.7 Å². The van der Waals surface area contributed by atoms with Crippen molar-refractivity contribution in [2.45, 2.75) is 26.7 Å². The predicted octanol–water partition coefficient (Wildman–Crippen LogP) is 4.23. The Morgan fingerprint density at radius 2 is 2.14 bits per heavy atom. The summed E-state index contributed by atoms with van der Waals surface area (Å²) in [5.41, 5.74) is 5.04. The van der Waals surface area contributed by atoms with Crippen LogP contribution >= 0.6 is 0 Å². The van der Waals surface area contributed by atoms with Gasteiger partial charge in [0.1, 0.15) is 0 Å². The standard InChI is InChI=1S/C18H23N3/c1-3-8-20-16-10-17(12-19-11-16)21-13-14(2)9-15-6-4-5-7-18(15)21/h4-7,10-12,14,20H,3,8-9,13H2,1-2H3. The van der Waals surface area contributed by atoms with Crippen LogP contribution in [0.5, 0.6) is 0 Å². The molecule has 2 aromatic rings. The number of pyridine rings is 1. The molecule has 0 spiro atoms. The first kappa shape index (κ1) is 13.9. The molecule has 21 heavy (non-hydrogen) atoms. The van der Waals surface area contributed by atoms with Crippen molar-refractivity contribution in [2.75, 3.05) is 23.3 Å². The zero-order valence-corrected chi connectivity index (χ0v) is 12.8. The van der Waals surface area contributed by atoms with Crippen LogP contribution in [-0.2, 0) is 6.42 Å². The molecule has 1 aromatic carbocycles. The SMILES string of the molecule is CCCNc1cncc(N2CC(C)Cc3ccccc32)c1. The molecule has 110 valence electrons. The van der Waals surface area contributed by atoms with Crippen molar-refractivity contribution in [1.82, 2.24) is 4.98 Å². The maximum absolute atomic E-state index is 4.41. The fourth-order valence-corrected chi connectivity index (χ4v) is 2.98. The van der Waals surface area contributed by atoms with Crippen molar-refractivity contribution >= 4 is 17.1 Å². The highest BCUT2D eigenvalue weighted by atomic mass is 15.2. The quantitative estimate of drug-likeness (QED) is 0.908. The Labute approximate surface area is 127 Å². The van der Waals surface area contributed by atoms with E-state index in [1.165, 1.54) is 16.9 Å². The molecular formula is C18H23N3. The molecule has 0 bridgehead atoms. The van der Waals surface area contributed by atoms with Crippen LogP contribution in [0.1, 0.15) is 25.8 Å². The highest BCUT2D eigenvalue weighted by Crippen LogP contribution is 2.35. The summed E-state index contributed by atoms with van der Waals surface area (Å²) in [4.78, 5) is 6.80. The van der Waals surface area contributed by atoms with Gasteiger partial charge in [-0.05, 0) is 36.5 Å². The third-order valence-electron chi connectivity index (χ3n) is 3.96. The fourth-order valence-electron chi connectivity index (χ4n) is 2.98. The van der Waals surface area contributed by atoms with Crippen molar-refractivity contribution in [3.05, 3.63) is 48.3 Å². The second-order valence-corrected chi connectivity index (χ2v) is 5.91. The number of hydrogen-bond acceptors (Lipinski definition) is 3.